The van der Waals surface area contributed by atoms with E-state index >= 15 is 0 Å². The molecule has 0 amide bonds. The van der Waals surface area contributed by atoms with Gasteiger partial charge in [-0.3, -0.25) is 0 Å². The van der Waals surface area contributed by atoms with E-state index in [-0.39, 0.29) is 11.4 Å². The van der Waals surface area contributed by atoms with Crippen molar-refractivity contribution in [2.45, 2.75) is 5.54 Å². The Balaban J connectivity index is 1.85. The maximum Gasteiger partial charge on any atom is 0.489 e. The zero-order valence-corrected chi connectivity index (χ0v) is 17.4. The fourth-order valence-electron chi connectivity index (χ4n) is 4.03. The second-order valence-corrected chi connectivity index (χ2v) is 7.37. The highest BCUT2D eigenvalue weighted by molar-refractivity contribution is 6.60. The summed E-state index contributed by atoms with van der Waals surface area (Å²) in [5, 5.41) is 33.2. The molecule has 0 fully saturated rings. The van der Waals surface area contributed by atoms with E-state index in [4.69, 9.17) is 5.48 Å². The van der Waals surface area contributed by atoms with Crippen molar-refractivity contribution in [3.8, 4) is 11.4 Å². The summed E-state index contributed by atoms with van der Waals surface area (Å²) in [5.74, 6) is -0.165. The number of tetrazole rings is 1. The van der Waals surface area contributed by atoms with Crippen molar-refractivity contribution in [3.05, 3.63) is 132 Å². The topological polar surface area (TPSA) is 84.1 Å². The molecule has 5 rings (SSSR count). The fraction of sp³-hybridized carbons (Fsp3) is 0.0385. The van der Waals surface area contributed by atoms with E-state index in [0.29, 0.717) is 0 Å². The summed E-state index contributed by atoms with van der Waals surface area (Å²) < 4.78 is 32.7. The summed E-state index contributed by atoms with van der Waals surface area (Å²) in [6, 6.07) is 26.6. The van der Waals surface area contributed by atoms with Crippen LogP contribution in [0, 0.1) is 0 Å². The van der Waals surface area contributed by atoms with Crippen molar-refractivity contribution in [1.29, 1.82) is 0 Å². The van der Waals surface area contributed by atoms with Crippen LogP contribution in [0.4, 0.5) is 0 Å². The first-order chi connectivity index (χ1) is 17.9. The van der Waals surface area contributed by atoms with E-state index in [1.54, 1.807) is 0 Å². The van der Waals surface area contributed by atoms with Crippen LogP contribution >= 0.6 is 0 Å². The van der Waals surface area contributed by atoms with Crippen molar-refractivity contribution in [2.75, 3.05) is 0 Å². The standard InChI is InChI=1S/C26H21BN4O2/c32-27(33)24-19-11-10-18-23(24)25-28-30-31(29-25)26(20-12-4-1-5-13-20,21-14-6-2-7-15-21)22-16-8-3-9-17-22/h1-19,32-33H/i10D,11D,18D,19D. The average Bonchev–Trinajstić information content (AvgIpc) is 3.41. The quantitative estimate of drug-likeness (QED) is 0.316. The minimum absolute atomic E-state index is 0.165. The Labute approximate surface area is 197 Å². The van der Waals surface area contributed by atoms with Crippen LogP contribution in [-0.2, 0) is 5.54 Å². The lowest BCUT2D eigenvalue weighted by Crippen LogP contribution is -2.39. The molecular formula is C26H21BN4O2. The molecule has 0 radical (unpaired) electrons. The van der Waals surface area contributed by atoms with Gasteiger partial charge >= 0.3 is 7.12 Å². The smallest absolute Gasteiger partial charge is 0.423 e. The average molecular weight is 436 g/mol. The lowest BCUT2D eigenvalue weighted by molar-refractivity contribution is 0.395. The van der Waals surface area contributed by atoms with Gasteiger partial charge in [0.25, 0.3) is 0 Å². The minimum Gasteiger partial charge on any atom is -0.423 e. The van der Waals surface area contributed by atoms with Gasteiger partial charge < -0.3 is 10.0 Å². The molecule has 7 heteroatoms. The van der Waals surface area contributed by atoms with Crippen molar-refractivity contribution in [3.63, 3.8) is 0 Å². The SMILES string of the molecule is [2H]c1c([2H])c([2H])c(-c2nnn(C(c3ccccc3)(c3ccccc3)c3ccccc3)n2)c(B(O)O)c1[2H]. The molecular weight excluding hydrogens is 411 g/mol. The van der Waals surface area contributed by atoms with Gasteiger partial charge in [-0.15, -0.1) is 15.0 Å². The first kappa shape index (κ1) is 16.6. The molecule has 0 bridgehead atoms. The largest absolute Gasteiger partial charge is 0.489 e. The Hall–Kier alpha value is -4.07. The summed E-state index contributed by atoms with van der Waals surface area (Å²) in [5.41, 5.74) is 0.736. The van der Waals surface area contributed by atoms with Crippen LogP contribution in [0.3, 0.4) is 0 Å². The normalized spacial score (nSPS) is 13.0. The molecule has 0 spiro atoms. The predicted molar refractivity (Wildman–Crippen MR) is 128 cm³/mol. The third-order valence-electron chi connectivity index (χ3n) is 5.49. The van der Waals surface area contributed by atoms with E-state index in [1.165, 1.54) is 4.80 Å². The molecule has 0 saturated carbocycles. The predicted octanol–water partition coefficient (Wildman–Crippen LogP) is 2.86. The van der Waals surface area contributed by atoms with Gasteiger partial charge in [0.05, 0.1) is 5.48 Å². The number of nitrogens with zero attached hydrogens (tertiary/aromatic N) is 4. The maximum absolute atomic E-state index is 10.0. The van der Waals surface area contributed by atoms with Crippen LogP contribution in [0.15, 0.2) is 115 Å². The van der Waals surface area contributed by atoms with Gasteiger partial charge in [0, 0.05) is 5.56 Å². The molecule has 0 aliphatic rings. The van der Waals surface area contributed by atoms with E-state index in [0.717, 1.165) is 16.7 Å². The number of rotatable bonds is 6. The highest BCUT2D eigenvalue weighted by atomic mass is 16.4. The molecule has 0 saturated heterocycles. The molecule has 4 aromatic carbocycles. The van der Waals surface area contributed by atoms with Crippen LogP contribution in [0.1, 0.15) is 22.2 Å². The highest BCUT2D eigenvalue weighted by Crippen LogP contribution is 2.39. The van der Waals surface area contributed by atoms with E-state index in [2.05, 4.69) is 15.4 Å². The molecule has 5 aromatic rings. The summed E-state index contributed by atoms with van der Waals surface area (Å²) in [6.45, 7) is 0. The number of hydrogen-bond acceptors (Lipinski definition) is 5. The molecule has 0 atom stereocenters. The zero-order valence-electron chi connectivity index (χ0n) is 21.4. The highest BCUT2D eigenvalue weighted by Gasteiger charge is 2.41. The molecule has 0 aliphatic heterocycles. The van der Waals surface area contributed by atoms with Gasteiger partial charge in [0.1, 0.15) is 0 Å². The second kappa shape index (κ2) is 8.82. The molecule has 160 valence electrons. The summed E-state index contributed by atoms with van der Waals surface area (Å²) in [4.78, 5) is 1.40. The van der Waals surface area contributed by atoms with E-state index < -0.39 is 42.3 Å². The molecule has 1 heterocycles. The molecule has 6 nitrogen and oxygen atoms in total. The monoisotopic (exact) mass is 436 g/mol. The molecule has 1 aromatic heterocycles. The number of benzene rings is 4. The first-order valence-corrected chi connectivity index (χ1v) is 10.3. The van der Waals surface area contributed by atoms with Crippen LogP contribution < -0.4 is 5.46 Å². The Bertz CT molecular complexity index is 1460. The molecule has 0 aliphatic carbocycles. The zero-order chi connectivity index (χ0) is 26.2. The van der Waals surface area contributed by atoms with E-state index in [9.17, 15) is 10.0 Å². The molecule has 2 N–H and O–H groups in total. The van der Waals surface area contributed by atoms with Crippen LogP contribution in [0.5, 0.6) is 0 Å². The van der Waals surface area contributed by atoms with E-state index in [1.807, 2.05) is 91.0 Å². The number of aromatic nitrogens is 4. The van der Waals surface area contributed by atoms with Crippen molar-refractivity contribution in [1.82, 2.24) is 20.2 Å². The third kappa shape index (κ3) is 3.63. The summed E-state index contributed by atoms with van der Waals surface area (Å²) >= 11 is 0. The Morgan fingerprint density at radius 1 is 0.727 bits per heavy atom. The van der Waals surface area contributed by atoms with Gasteiger partial charge in [-0.1, -0.05) is 115 Å². The van der Waals surface area contributed by atoms with Gasteiger partial charge in [0.2, 0.25) is 5.82 Å². The van der Waals surface area contributed by atoms with Gasteiger partial charge in [-0.25, -0.2) is 0 Å². The lowest BCUT2D eigenvalue weighted by atomic mass is 9.77. The Morgan fingerprint density at radius 3 is 1.70 bits per heavy atom. The van der Waals surface area contributed by atoms with Crippen molar-refractivity contribution < 1.29 is 15.5 Å². The van der Waals surface area contributed by atoms with Crippen molar-refractivity contribution >= 4 is 12.6 Å². The fourth-order valence-corrected chi connectivity index (χ4v) is 4.03. The lowest BCUT2D eigenvalue weighted by Gasteiger charge is -2.34. The molecule has 0 unspecified atom stereocenters. The van der Waals surface area contributed by atoms with Crippen molar-refractivity contribution in [2.24, 2.45) is 0 Å². The molecule has 33 heavy (non-hydrogen) atoms. The van der Waals surface area contributed by atoms with Gasteiger partial charge in [0.15, 0.2) is 5.54 Å². The summed E-state index contributed by atoms with van der Waals surface area (Å²) in [7, 11) is -2.18. The Morgan fingerprint density at radius 2 is 1.21 bits per heavy atom. The van der Waals surface area contributed by atoms with Crippen LogP contribution in [-0.4, -0.2) is 37.4 Å². The van der Waals surface area contributed by atoms with Crippen LogP contribution in [0.2, 0.25) is 0 Å². The number of hydrogen-bond donors (Lipinski definition) is 2. The van der Waals surface area contributed by atoms with Gasteiger partial charge in [-0.2, -0.15) is 0 Å². The van der Waals surface area contributed by atoms with Crippen LogP contribution in [0.25, 0.3) is 11.4 Å². The minimum atomic E-state index is -2.18. The Kier molecular flexibility index (Phi) is 4.42. The first-order valence-electron chi connectivity index (χ1n) is 12.3. The second-order valence-electron chi connectivity index (χ2n) is 7.37. The maximum atomic E-state index is 10.0. The summed E-state index contributed by atoms with van der Waals surface area (Å²) in [6.07, 6.45) is 0. The third-order valence-corrected chi connectivity index (χ3v) is 5.49. The van der Waals surface area contributed by atoms with Gasteiger partial charge in [-0.05, 0) is 27.4 Å².